The van der Waals surface area contributed by atoms with E-state index in [-0.39, 0.29) is 0 Å². The standard InChI is InChI=1S/C13H24N2O/c1-16-11-12-4-8-15(9-5-12)10-6-13-3-2-7-14-13/h4,13-14H,2-3,5-11H2,1H3. The van der Waals surface area contributed by atoms with Gasteiger partial charge >= 0.3 is 0 Å². The van der Waals surface area contributed by atoms with Crippen LogP contribution in [0.1, 0.15) is 25.7 Å². The first kappa shape index (κ1) is 12.1. The summed E-state index contributed by atoms with van der Waals surface area (Å²) in [4.78, 5) is 2.55. The summed E-state index contributed by atoms with van der Waals surface area (Å²) < 4.78 is 5.16. The molecule has 1 unspecified atom stereocenters. The van der Waals surface area contributed by atoms with Crippen molar-refractivity contribution in [2.45, 2.75) is 31.7 Å². The Balaban J connectivity index is 1.64. The van der Waals surface area contributed by atoms with Crippen LogP contribution < -0.4 is 5.32 Å². The highest BCUT2D eigenvalue weighted by atomic mass is 16.5. The van der Waals surface area contributed by atoms with Gasteiger partial charge in [-0.05, 0) is 44.3 Å². The van der Waals surface area contributed by atoms with Gasteiger partial charge in [-0.3, -0.25) is 4.90 Å². The van der Waals surface area contributed by atoms with Crippen LogP contribution in [-0.2, 0) is 4.74 Å². The van der Waals surface area contributed by atoms with Gasteiger partial charge in [-0.1, -0.05) is 6.08 Å². The highest BCUT2D eigenvalue weighted by Gasteiger charge is 2.16. The highest BCUT2D eigenvalue weighted by Crippen LogP contribution is 2.14. The summed E-state index contributed by atoms with van der Waals surface area (Å²) in [5, 5.41) is 3.56. The van der Waals surface area contributed by atoms with E-state index >= 15 is 0 Å². The molecule has 0 bridgehead atoms. The fourth-order valence-corrected chi connectivity index (χ4v) is 2.61. The van der Waals surface area contributed by atoms with Gasteiger partial charge in [0.25, 0.3) is 0 Å². The molecule has 92 valence electrons. The number of nitrogens with zero attached hydrogens (tertiary/aromatic N) is 1. The number of hydrogen-bond donors (Lipinski definition) is 1. The van der Waals surface area contributed by atoms with Crippen LogP contribution in [0, 0.1) is 0 Å². The summed E-state index contributed by atoms with van der Waals surface area (Å²) in [5.74, 6) is 0. The summed E-state index contributed by atoms with van der Waals surface area (Å²) in [7, 11) is 1.78. The molecule has 0 aromatic heterocycles. The Morgan fingerprint density at radius 2 is 2.50 bits per heavy atom. The number of nitrogens with one attached hydrogen (secondary N) is 1. The van der Waals surface area contributed by atoms with Crippen molar-refractivity contribution >= 4 is 0 Å². The van der Waals surface area contributed by atoms with Gasteiger partial charge in [-0.25, -0.2) is 0 Å². The average molecular weight is 224 g/mol. The van der Waals surface area contributed by atoms with Gasteiger partial charge in [0.15, 0.2) is 0 Å². The zero-order valence-electron chi connectivity index (χ0n) is 10.4. The molecule has 2 rings (SSSR count). The Labute approximate surface area is 98.8 Å². The van der Waals surface area contributed by atoms with Gasteiger partial charge < -0.3 is 10.1 Å². The van der Waals surface area contributed by atoms with Crippen LogP contribution in [0.25, 0.3) is 0 Å². The SMILES string of the molecule is COCC1=CCN(CCC2CCCN2)CC1. The molecule has 3 nitrogen and oxygen atoms in total. The maximum absolute atomic E-state index is 5.16. The molecule has 2 aliphatic heterocycles. The van der Waals surface area contributed by atoms with Gasteiger partial charge in [-0.2, -0.15) is 0 Å². The van der Waals surface area contributed by atoms with Crippen LogP contribution in [0.5, 0.6) is 0 Å². The van der Waals surface area contributed by atoms with E-state index < -0.39 is 0 Å². The topological polar surface area (TPSA) is 24.5 Å². The predicted molar refractivity (Wildman–Crippen MR) is 66.7 cm³/mol. The summed E-state index contributed by atoms with van der Waals surface area (Å²) >= 11 is 0. The quantitative estimate of drug-likeness (QED) is 0.715. The third-order valence-electron chi connectivity index (χ3n) is 3.67. The number of rotatable bonds is 5. The molecule has 16 heavy (non-hydrogen) atoms. The van der Waals surface area contributed by atoms with Crippen molar-refractivity contribution in [3.8, 4) is 0 Å². The molecular weight excluding hydrogens is 200 g/mol. The zero-order valence-corrected chi connectivity index (χ0v) is 10.4. The lowest BCUT2D eigenvalue weighted by molar-refractivity contribution is 0.210. The van der Waals surface area contributed by atoms with Gasteiger partial charge in [0, 0.05) is 26.2 Å². The van der Waals surface area contributed by atoms with Crippen molar-refractivity contribution in [2.24, 2.45) is 0 Å². The molecule has 0 aromatic carbocycles. The van der Waals surface area contributed by atoms with E-state index in [1.165, 1.54) is 50.9 Å². The second-order valence-electron chi connectivity index (χ2n) is 4.93. The fraction of sp³-hybridized carbons (Fsp3) is 0.846. The summed E-state index contributed by atoms with van der Waals surface area (Å²) in [6, 6.07) is 0.782. The van der Waals surface area contributed by atoms with Crippen molar-refractivity contribution in [1.82, 2.24) is 10.2 Å². The third kappa shape index (κ3) is 3.58. The zero-order chi connectivity index (χ0) is 11.2. The fourth-order valence-electron chi connectivity index (χ4n) is 2.61. The Bertz CT molecular complexity index is 234. The molecule has 0 saturated carbocycles. The second kappa shape index (κ2) is 6.38. The Morgan fingerprint density at radius 1 is 1.56 bits per heavy atom. The highest BCUT2D eigenvalue weighted by molar-refractivity contribution is 5.07. The maximum atomic E-state index is 5.16. The molecule has 2 heterocycles. The van der Waals surface area contributed by atoms with E-state index in [2.05, 4.69) is 16.3 Å². The summed E-state index contributed by atoms with van der Waals surface area (Å²) in [6.07, 6.45) is 7.58. The lowest BCUT2D eigenvalue weighted by Gasteiger charge is -2.27. The molecule has 2 aliphatic rings. The normalized spacial score (nSPS) is 27.1. The van der Waals surface area contributed by atoms with Gasteiger partial charge in [0.05, 0.1) is 6.61 Å². The monoisotopic (exact) mass is 224 g/mol. The van der Waals surface area contributed by atoms with Crippen molar-refractivity contribution < 1.29 is 4.74 Å². The molecule has 1 saturated heterocycles. The van der Waals surface area contributed by atoms with Gasteiger partial charge in [0.2, 0.25) is 0 Å². The summed E-state index contributed by atoms with van der Waals surface area (Å²) in [5.41, 5.74) is 1.47. The predicted octanol–water partition coefficient (Wildman–Crippen LogP) is 1.41. The second-order valence-corrected chi connectivity index (χ2v) is 4.93. The number of ether oxygens (including phenoxy) is 1. The van der Waals surface area contributed by atoms with Crippen LogP contribution in [0.15, 0.2) is 11.6 Å². The van der Waals surface area contributed by atoms with Crippen LogP contribution in [-0.4, -0.2) is 50.8 Å². The number of methoxy groups -OCH3 is 1. The van der Waals surface area contributed by atoms with Crippen molar-refractivity contribution in [1.29, 1.82) is 0 Å². The average Bonchev–Trinajstić information content (AvgIpc) is 2.82. The van der Waals surface area contributed by atoms with E-state index in [1.807, 2.05) is 0 Å². The molecule has 0 radical (unpaired) electrons. The van der Waals surface area contributed by atoms with E-state index in [0.717, 1.165) is 19.2 Å². The maximum Gasteiger partial charge on any atom is 0.0673 e. The minimum absolute atomic E-state index is 0.782. The molecular formula is C13H24N2O. The van der Waals surface area contributed by atoms with Crippen LogP contribution in [0.4, 0.5) is 0 Å². The Kier molecular flexibility index (Phi) is 4.82. The molecule has 1 N–H and O–H groups in total. The summed E-state index contributed by atoms with van der Waals surface area (Å²) in [6.45, 7) is 5.61. The first-order valence-electron chi connectivity index (χ1n) is 6.51. The molecule has 0 spiro atoms. The lowest BCUT2D eigenvalue weighted by Crippen LogP contribution is -2.34. The van der Waals surface area contributed by atoms with E-state index in [0.29, 0.717) is 0 Å². The number of hydrogen-bond acceptors (Lipinski definition) is 3. The van der Waals surface area contributed by atoms with Crippen LogP contribution in [0.3, 0.4) is 0 Å². The van der Waals surface area contributed by atoms with Crippen LogP contribution >= 0.6 is 0 Å². The molecule has 0 amide bonds. The first-order valence-corrected chi connectivity index (χ1v) is 6.51. The van der Waals surface area contributed by atoms with Crippen LogP contribution in [0.2, 0.25) is 0 Å². The molecule has 1 fully saturated rings. The lowest BCUT2D eigenvalue weighted by atomic mass is 10.1. The molecule has 3 heteroatoms. The molecule has 0 aromatic rings. The first-order chi connectivity index (χ1) is 7.88. The van der Waals surface area contributed by atoms with Crippen molar-refractivity contribution in [3.63, 3.8) is 0 Å². The third-order valence-corrected chi connectivity index (χ3v) is 3.67. The minimum atomic E-state index is 0.782. The Morgan fingerprint density at radius 3 is 3.12 bits per heavy atom. The van der Waals surface area contributed by atoms with E-state index in [9.17, 15) is 0 Å². The van der Waals surface area contributed by atoms with E-state index in [1.54, 1.807) is 7.11 Å². The molecule has 1 atom stereocenters. The van der Waals surface area contributed by atoms with Crippen molar-refractivity contribution in [3.05, 3.63) is 11.6 Å². The van der Waals surface area contributed by atoms with Crippen molar-refractivity contribution in [2.75, 3.05) is 39.9 Å². The van der Waals surface area contributed by atoms with E-state index in [4.69, 9.17) is 4.74 Å². The molecule has 0 aliphatic carbocycles. The largest absolute Gasteiger partial charge is 0.380 e. The van der Waals surface area contributed by atoms with Gasteiger partial charge in [0.1, 0.15) is 0 Å². The minimum Gasteiger partial charge on any atom is -0.380 e. The Hall–Kier alpha value is -0.380. The smallest absolute Gasteiger partial charge is 0.0673 e. The van der Waals surface area contributed by atoms with Gasteiger partial charge in [-0.15, -0.1) is 0 Å².